The van der Waals surface area contributed by atoms with Gasteiger partial charge in [-0.2, -0.15) is 0 Å². The topological polar surface area (TPSA) is 115 Å². The maximum atomic E-state index is 13.9. The van der Waals surface area contributed by atoms with Gasteiger partial charge in [-0.15, -0.1) is 0 Å². The molecule has 4 rings (SSSR count). The maximum absolute atomic E-state index is 13.9. The molecule has 0 saturated carbocycles. The summed E-state index contributed by atoms with van der Waals surface area (Å²) in [4.78, 5) is 43.6. The predicted molar refractivity (Wildman–Crippen MR) is 152 cm³/mol. The van der Waals surface area contributed by atoms with E-state index in [4.69, 9.17) is 23.7 Å². The number of halogens is 1. The number of ether oxygens (including phenoxy) is 5. The van der Waals surface area contributed by atoms with E-state index in [1.54, 1.807) is 50.3 Å². The van der Waals surface area contributed by atoms with Gasteiger partial charge in [0.05, 0.1) is 54.3 Å². The summed E-state index contributed by atoms with van der Waals surface area (Å²) in [5.74, 6) is 0.443. The fourth-order valence-electron chi connectivity index (χ4n) is 4.35. The third-order valence-corrected chi connectivity index (χ3v) is 7.61. The van der Waals surface area contributed by atoms with E-state index in [2.05, 4.69) is 20.9 Å². The van der Waals surface area contributed by atoms with Crippen LogP contribution in [-0.2, 0) is 14.3 Å². The Morgan fingerprint density at radius 2 is 1.77 bits per heavy atom. The van der Waals surface area contributed by atoms with E-state index in [-0.39, 0.29) is 23.5 Å². The van der Waals surface area contributed by atoms with Crippen LogP contribution in [0.15, 0.2) is 55.9 Å². The molecule has 1 aromatic heterocycles. The lowest BCUT2D eigenvalue weighted by Crippen LogP contribution is -2.40. The van der Waals surface area contributed by atoms with Crippen molar-refractivity contribution in [2.24, 2.45) is 4.99 Å². The lowest BCUT2D eigenvalue weighted by atomic mass is 9.95. The van der Waals surface area contributed by atoms with Crippen LogP contribution in [0.2, 0.25) is 0 Å². The average Bonchev–Trinajstić information content (AvgIpc) is 3.22. The summed E-state index contributed by atoms with van der Waals surface area (Å²) in [7, 11) is 4.50. The molecule has 2 aromatic carbocycles. The molecular formula is C28H27BrN2O8S. The Labute approximate surface area is 242 Å². The van der Waals surface area contributed by atoms with Crippen LogP contribution in [-0.4, -0.2) is 44.4 Å². The van der Waals surface area contributed by atoms with Gasteiger partial charge in [0, 0.05) is 6.92 Å². The van der Waals surface area contributed by atoms with Crippen molar-refractivity contribution in [3.05, 3.63) is 76.9 Å². The molecule has 10 nitrogen and oxygen atoms in total. The third kappa shape index (κ3) is 5.54. The zero-order valence-electron chi connectivity index (χ0n) is 22.7. The molecule has 2 heterocycles. The number of fused-ring (bicyclic) bond motifs is 1. The first-order valence-electron chi connectivity index (χ1n) is 12.1. The molecule has 1 aliphatic heterocycles. The van der Waals surface area contributed by atoms with Crippen LogP contribution < -0.4 is 33.8 Å². The molecule has 0 saturated heterocycles. The van der Waals surface area contributed by atoms with Gasteiger partial charge in [-0.3, -0.25) is 14.2 Å². The Bertz CT molecular complexity index is 1710. The third-order valence-electron chi connectivity index (χ3n) is 6.04. The van der Waals surface area contributed by atoms with Crippen molar-refractivity contribution in [2.75, 3.05) is 27.9 Å². The van der Waals surface area contributed by atoms with E-state index in [1.807, 2.05) is 0 Å². The molecule has 0 N–H and O–H groups in total. The lowest BCUT2D eigenvalue weighted by molar-refractivity contribution is -0.139. The molecule has 210 valence electrons. The summed E-state index contributed by atoms with van der Waals surface area (Å²) in [5, 5.41) is 0. The van der Waals surface area contributed by atoms with Crippen LogP contribution in [0.1, 0.15) is 37.9 Å². The molecule has 0 spiro atoms. The Balaban J connectivity index is 1.94. The Kier molecular flexibility index (Phi) is 8.79. The standard InChI is InChI=1S/C28H27BrN2O8S/c1-7-38-27(34)23-14(2)30-28-31(24(23)17-8-9-19(35-4)20(13-17)36-5)26(33)22(40-28)12-16-10-18(29)25(39-15(3)32)21(11-16)37-6/h8-13,24H,7H2,1-6H3/b22-12-/t24-/m0/s1. The van der Waals surface area contributed by atoms with Crippen LogP contribution in [0.3, 0.4) is 0 Å². The molecule has 0 aliphatic carbocycles. The molecule has 0 amide bonds. The number of carbonyl (C=O) groups is 2. The normalized spacial score (nSPS) is 14.8. The smallest absolute Gasteiger partial charge is 0.338 e. The van der Waals surface area contributed by atoms with Gasteiger partial charge >= 0.3 is 11.9 Å². The number of nitrogens with zero attached hydrogens (tertiary/aromatic N) is 2. The fourth-order valence-corrected chi connectivity index (χ4v) is 5.93. The van der Waals surface area contributed by atoms with Gasteiger partial charge in [-0.25, -0.2) is 9.79 Å². The quantitative estimate of drug-likeness (QED) is 0.274. The maximum Gasteiger partial charge on any atom is 0.338 e. The highest BCUT2D eigenvalue weighted by Crippen LogP contribution is 2.38. The number of hydrogen-bond acceptors (Lipinski definition) is 10. The molecule has 1 aliphatic rings. The summed E-state index contributed by atoms with van der Waals surface area (Å²) in [5.41, 5.74) is 1.59. The van der Waals surface area contributed by atoms with Crippen LogP contribution in [0.4, 0.5) is 0 Å². The second kappa shape index (κ2) is 12.1. The van der Waals surface area contributed by atoms with Crippen LogP contribution in [0.5, 0.6) is 23.0 Å². The van der Waals surface area contributed by atoms with E-state index in [9.17, 15) is 14.4 Å². The molecular weight excluding hydrogens is 604 g/mol. The van der Waals surface area contributed by atoms with Crippen molar-refractivity contribution < 1.29 is 33.3 Å². The van der Waals surface area contributed by atoms with Gasteiger partial charge < -0.3 is 23.7 Å². The van der Waals surface area contributed by atoms with Crippen molar-refractivity contribution in [3.8, 4) is 23.0 Å². The highest BCUT2D eigenvalue weighted by Gasteiger charge is 2.34. The number of hydrogen-bond donors (Lipinski definition) is 0. The molecule has 40 heavy (non-hydrogen) atoms. The van der Waals surface area contributed by atoms with Gasteiger partial charge in [0.2, 0.25) is 0 Å². The first-order valence-corrected chi connectivity index (χ1v) is 13.7. The second-order valence-corrected chi connectivity index (χ2v) is 10.4. The SMILES string of the molecule is CCOC(=O)C1=C(C)N=c2s/c(=C\c3cc(Br)c(OC(C)=O)c(OC)c3)c(=O)n2[C@H]1c1ccc(OC)c(OC)c1. The minimum absolute atomic E-state index is 0.165. The molecule has 0 unspecified atom stereocenters. The number of esters is 2. The largest absolute Gasteiger partial charge is 0.493 e. The molecule has 0 fully saturated rings. The number of methoxy groups -OCH3 is 3. The summed E-state index contributed by atoms with van der Waals surface area (Å²) < 4.78 is 29.2. The fraction of sp³-hybridized carbons (Fsp3) is 0.286. The summed E-state index contributed by atoms with van der Waals surface area (Å²) in [6.07, 6.45) is 1.68. The monoisotopic (exact) mass is 630 g/mol. The minimum Gasteiger partial charge on any atom is -0.493 e. The van der Waals surface area contributed by atoms with Crippen LogP contribution in [0.25, 0.3) is 6.08 Å². The van der Waals surface area contributed by atoms with E-state index < -0.39 is 18.0 Å². The van der Waals surface area contributed by atoms with Gasteiger partial charge in [0.25, 0.3) is 5.56 Å². The molecule has 3 aromatic rings. The highest BCUT2D eigenvalue weighted by molar-refractivity contribution is 9.10. The number of allylic oxidation sites excluding steroid dienone is 1. The zero-order chi connectivity index (χ0) is 29.1. The van der Waals surface area contributed by atoms with Crippen molar-refractivity contribution in [1.82, 2.24) is 4.57 Å². The molecule has 0 radical (unpaired) electrons. The first-order chi connectivity index (χ1) is 19.1. The number of aromatic nitrogens is 1. The lowest BCUT2D eigenvalue weighted by Gasteiger charge is -2.25. The first kappa shape index (κ1) is 29.1. The molecule has 0 bridgehead atoms. The van der Waals surface area contributed by atoms with Crippen LogP contribution in [0, 0.1) is 0 Å². The summed E-state index contributed by atoms with van der Waals surface area (Å²) in [6.45, 7) is 4.89. The summed E-state index contributed by atoms with van der Waals surface area (Å²) in [6, 6.07) is 7.77. The Morgan fingerprint density at radius 3 is 2.40 bits per heavy atom. The molecule has 12 heteroatoms. The van der Waals surface area contributed by atoms with Gasteiger partial charge in [0.15, 0.2) is 27.8 Å². The van der Waals surface area contributed by atoms with E-state index in [0.29, 0.717) is 47.9 Å². The number of rotatable bonds is 8. The zero-order valence-corrected chi connectivity index (χ0v) is 25.1. The van der Waals surface area contributed by atoms with Gasteiger partial charge in [-0.05, 0) is 71.2 Å². The van der Waals surface area contributed by atoms with Gasteiger partial charge in [-0.1, -0.05) is 17.4 Å². The second-order valence-electron chi connectivity index (χ2n) is 8.54. The highest BCUT2D eigenvalue weighted by atomic mass is 79.9. The van der Waals surface area contributed by atoms with E-state index in [0.717, 1.165) is 0 Å². The van der Waals surface area contributed by atoms with E-state index >= 15 is 0 Å². The van der Waals surface area contributed by atoms with Crippen molar-refractivity contribution in [2.45, 2.75) is 26.8 Å². The molecule has 1 atom stereocenters. The average molecular weight is 632 g/mol. The number of thiazole rings is 1. The Hall–Kier alpha value is -3.90. The number of carbonyl (C=O) groups excluding carboxylic acids is 2. The van der Waals surface area contributed by atoms with Gasteiger partial charge in [0.1, 0.15) is 0 Å². The van der Waals surface area contributed by atoms with E-state index in [1.165, 1.54) is 44.2 Å². The minimum atomic E-state index is -0.815. The number of benzene rings is 2. The van der Waals surface area contributed by atoms with Crippen molar-refractivity contribution in [1.29, 1.82) is 0 Å². The van der Waals surface area contributed by atoms with Crippen molar-refractivity contribution >= 4 is 45.3 Å². The predicted octanol–water partition coefficient (Wildman–Crippen LogP) is 3.51. The van der Waals surface area contributed by atoms with Crippen LogP contribution >= 0.6 is 27.3 Å². The van der Waals surface area contributed by atoms with Crippen molar-refractivity contribution in [3.63, 3.8) is 0 Å². The Morgan fingerprint density at radius 1 is 1.07 bits per heavy atom. The summed E-state index contributed by atoms with van der Waals surface area (Å²) >= 11 is 4.59.